The molecule has 0 saturated carbocycles. The molecule has 0 saturated heterocycles. The Morgan fingerprint density at radius 2 is 1.70 bits per heavy atom. The van der Waals surface area contributed by atoms with Crippen LogP contribution in [0.3, 0.4) is 0 Å². The summed E-state index contributed by atoms with van der Waals surface area (Å²) in [7, 11) is 0. The summed E-state index contributed by atoms with van der Waals surface area (Å²) in [6, 6.07) is 1.75. The van der Waals surface area contributed by atoms with Crippen molar-refractivity contribution in [3.63, 3.8) is 0 Å². The number of hydrogen-bond acceptors (Lipinski definition) is 4. The Morgan fingerprint density at radius 3 is 1.80 bits per heavy atom. The minimum Gasteiger partial charge on any atom is -0.387 e. The van der Waals surface area contributed by atoms with E-state index in [1.165, 1.54) is 6.92 Å². The van der Waals surface area contributed by atoms with Crippen molar-refractivity contribution in [2.75, 3.05) is 0 Å². The molecule has 4 nitrogen and oxygen atoms in total. The first-order valence-corrected chi connectivity index (χ1v) is 2.45. The van der Waals surface area contributed by atoms with Crippen molar-refractivity contribution in [1.29, 1.82) is 5.26 Å². The van der Waals surface area contributed by atoms with Crippen LogP contribution in [-0.2, 0) is 14.3 Å². The lowest BCUT2D eigenvalue weighted by Crippen LogP contribution is -1.96. The number of hydrogen-bond donors (Lipinski definition) is 0. The largest absolute Gasteiger partial charge is 0.387 e. The molecule has 0 radical (unpaired) electrons. The number of nitrogens with zero attached hydrogens (tertiary/aromatic N) is 1. The average Bonchev–Trinajstić information content (AvgIpc) is 2.17. The van der Waals surface area contributed by atoms with Gasteiger partial charge in [-0.1, -0.05) is 0 Å². The smallest absolute Gasteiger partial charge is 0.338 e. The lowest BCUT2D eigenvalue weighted by atomic mass is 10.6. The second-order valence-electron chi connectivity index (χ2n) is 1.30. The summed E-state index contributed by atoms with van der Waals surface area (Å²) >= 11 is 0. The van der Waals surface area contributed by atoms with Crippen molar-refractivity contribution in [1.82, 2.24) is 0 Å². The maximum atomic E-state index is 9.92. The van der Waals surface area contributed by atoms with Crippen LogP contribution in [-0.4, -0.2) is 11.9 Å². The SMILES string of the molecule is CC#N.O=C1C=CC(=O)O1. The van der Waals surface area contributed by atoms with Gasteiger partial charge in [0.1, 0.15) is 0 Å². The fourth-order valence-corrected chi connectivity index (χ4v) is 0.303. The summed E-state index contributed by atoms with van der Waals surface area (Å²) in [5.74, 6) is -1.16. The van der Waals surface area contributed by atoms with Gasteiger partial charge in [-0.2, -0.15) is 5.26 Å². The number of carbonyl (C=O) groups excluding carboxylic acids is 2. The highest BCUT2D eigenvalue weighted by Crippen LogP contribution is 1.92. The van der Waals surface area contributed by atoms with E-state index in [2.05, 4.69) is 4.74 Å². The molecule has 4 heteroatoms. The van der Waals surface area contributed by atoms with E-state index in [1.54, 1.807) is 6.07 Å². The lowest BCUT2D eigenvalue weighted by Gasteiger charge is -1.80. The minimum absolute atomic E-state index is 0.579. The van der Waals surface area contributed by atoms with E-state index >= 15 is 0 Å². The van der Waals surface area contributed by atoms with Crippen LogP contribution in [0.25, 0.3) is 0 Å². The van der Waals surface area contributed by atoms with Gasteiger partial charge in [-0.15, -0.1) is 0 Å². The van der Waals surface area contributed by atoms with Crippen LogP contribution in [0.4, 0.5) is 0 Å². The molecule has 10 heavy (non-hydrogen) atoms. The van der Waals surface area contributed by atoms with Gasteiger partial charge in [0.25, 0.3) is 0 Å². The third-order valence-electron chi connectivity index (χ3n) is 0.557. The average molecular weight is 139 g/mol. The lowest BCUT2D eigenvalue weighted by molar-refractivity contribution is -0.150. The van der Waals surface area contributed by atoms with Crippen LogP contribution in [0, 0.1) is 11.3 Å². The summed E-state index contributed by atoms with van der Waals surface area (Å²) in [6.07, 6.45) is 2.17. The van der Waals surface area contributed by atoms with E-state index in [-0.39, 0.29) is 0 Å². The van der Waals surface area contributed by atoms with E-state index in [0.29, 0.717) is 0 Å². The van der Waals surface area contributed by atoms with Crippen LogP contribution in [0.1, 0.15) is 6.92 Å². The normalized spacial score (nSPS) is 13.2. The van der Waals surface area contributed by atoms with Gasteiger partial charge in [-0.25, -0.2) is 9.59 Å². The molecular weight excluding hydrogens is 134 g/mol. The molecule has 0 amide bonds. The molecule has 0 N–H and O–H groups in total. The Bertz CT molecular complexity index is 196. The summed E-state index contributed by atoms with van der Waals surface area (Å²) in [6.45, 7) is 1.43. The van der Waals surface area contributed by atoms with Gasteiger partial charge in [0.2, 0.25) is 0 Å². The second-order valence-corrected chi connectivity index (χ2v) is 1.30. The summed E-state index contributed by atoms with van der Waals surface area (Å²) < 4.78 is 3.97. The van der Waals surface area contributed by atoms with Crippen LogP contribution in [0.5, 0.6) is 0 Å². The molecule has 0 bridgehead atoms. The molecule has 0 fully saturated rings. The first-order chi connectivity index (χ1) is 4.70. The third kappa shape index (κ3) is 3.38. The molecule has 0 aliphatic carbocycles. The highest BCUT2D eigenvalue weighted by atomic mass is 16.6. The maximum absolute atomic E-state index is 9.92. The highest BCUT2D eigenvalue weighted by molar-refractivity contribution is 6.04. The van der Waals surface area contributed by atoms with Crippen molar-refractivity contribution in [3.05, 3.63) is 12.2 Å². The van der Waals surface area contributed by atoms with Gasteiger partial charge in [0.05, 0.1) is 6.07 Å². The molecule has 1 rings (SSSR count). The maximum Gasteiger partial charge on any atom is 0.338 e. The first kappa shape index (κ1) is 8.37. The van der Waals surface area contributed by atoms with Crippen LogP contribution in [0.15, 0.2) is 12.2 Å². The molecular formula is C6H5NO3. The molecule has 52 valence electrons. The number of cyclic esters (lactones) is 2. The third-order valence-corrected chi connectivity index (χ3v) is 0.557. The van der Waals surface area contributed by atoms with Crippen LogP contribution < -0.4 is 0 Å². The quantitative estimate of drug-likeness (QED) is 0.354. The highest BCUT2D eigenvalue weighted by Gasteiger charge is 2.10. The van der Waals surface area contributed by atoms with Gasteiger partial charge in [-0.3, -0.25) is 0 Å². The predicted molar refractivity (Wildman–Crippen MR) is 31.5 cm³/mol. The Balaban J connectivity index is 0.000000236. The molecule has 0 atom stereocenters. The molecule has 0 aromatic carbocycles. The zero-order chi connectivity index (χ0) is 7.98. The van der Waals surface area contributed by atoms with Crippen molar-refractivity contribution >= 4 is 11.9 Å². The number of ether oxygens (including phenoxy) is 1. The van der Waals surface area contributed by atoms with Crippen molar-refractivity contribution in [3.8, 4) is 6.07 Å². The van der Waals surface area contributed by atoms with E-state index in [0.717, 1.165) is 12.2 Å². The van der Waals surface area contributed by atoms with E-state index < -0.39 is 11.9 Å². The number of carbonyl (C=O) groups is 2. The summed E-state index contributed by atoms with van der Waals surface area (Å²) in [4.78, 5) is 19.8. The van der Waals surface area contributed by atoms with Gasteiger partial charge < -0.3 is 4.74 Å². The second kappa shape index (κ2) is 4.27. The van der Waals surface area contributed by atoms with E-state index in [4.69, 9.17) is 5.26 Å². The molecule has 1 aliphatic rings. The monoisotopic (exact) mass is 139 g/mol. The summed E-state index contributed by atoms with van der Waals surface area (Å²) in [5.41, 5.74) is 0. The van der Waals surface area contributed by atoms with E-state index in [9.17, 15) is 9.59 Å². The molecule has 1 aliphatic heterocycles. The van der Waals surface area contributed by atoms with Gasteiger partial charge in [0, 0.05) is 19.1 Å². The standard InChI is InChI=1S/C4H2O3.C2H3N/c5-3-1-2-4(6)7-3;1-2-3/h1-2H;1H3. The van der Waals surface area contributed by atoms with Crippen molar-refractivity contribution in [2.24, 2.45) is 0 Å². The first-order valence-electron chi connectivity index (χ1n) is 2.45. The van der Waals surface area contributed by atoms with Crippen LogP contribution >= 0.6 is 0 Å². The van der Waals surface area contributed by atoms with Crippen LogP contribution in [0.2, 0.25) is 0 Å². The van der Waals surface area contributed by atoms with Gasteiger partial charge in [-0.05, 0) is 0 Å². The zero-order valence-electron chi connectivity index (χ0n) is 5.33. The summed E-state index contributed by atoms with van der Waals surface area (Å²) in [5, 5.41) is 7.32. The van der Waals surface area contributed by atoms with E-state index in [1.807, 2.05) is 0 Å². The Morgan fingerprint density at radius 1 is 1.40 bits per heavy atom. The topological polar surface area (TPSA) is 67.2 Å². The number of rotatable bonds is 0. The Hall–Kier alpha value is -1.63. The number of esters is 2. The molecule has 0 spiro atoms. The molecule has 1 heterocycles. The number of nitriles is 1. The van der Waals surface area contributed by atoms with Gasteiger partial charge >= 0.3 is 11.9 Å². The zero-order valence-corrected chi connectivity index (χ0v) is 5.33. The fraction of sp³-hybridized carbons (Fsp3) is 0.167. The molecule has 0 aromatic heterocycles. The molecule has 0 unspecified atom stereocenters. The predicted octanol–water partition coefficient (Wildman–Crippen LogP) is 0.156. The Labute approximate surface area is 57.7 Å². The van der Waals surface area contributed by atoms with Crippen molar-refractivity contribution < 1.29 is 14.3 Å². The fourth-order valence-electron chi connectivity index (χ4n) is 0.303. The minimum atomic E-state index is -0.579. The van der Waals surface area contributed by atoms with Crippen molar-refractivity contribution in [2.45, 2.75) is 6.92 Å². The van der Waals surface area contributed by atoms with Gasteiger partial charge in [0.15, 0.2) is 0 Å². The Kier molecular flexibility index (Phi) is 3.57. The molecule has 0 aromatic rings.